The minimum Gasteiger partial charge on any atom is -0.348 e. The van der Waals surface area contributed by atoms with E-state index in [0.29, 0.717) is 23.7 Å². The maximum absolute atomic E-state index is 12.5. The quantitative estimate of drug-likeness (QED) is 0.854. The van der Waals surface area contributed by atoms with Crippen LogP contribution in [0.3, 0.4) is 0 Å². The molecule has 1 fully saturated rings. The summed E-state index contributed by atoms with van der Waals surface area (Å²) in [6.07, 6.45) is 0.401. The molecule has 1 aliphatic rings. The fraction of sp³-hybridized carbons (Fsp3) is 0.471. The molecule has 7 heteroatoms. The van der Waals surface area contributed by atoms with E-state index in [1.54, 1.807) is 29.7 Å². The van der Waals surface area contributed by atoms with Gasteiger partial charge in [0, 0.05) is 24.8 Å². The molecule has 0 aromatic heterocycles. The van der Waals surface area contributed by atoms with Crippen LogP contribution in [0.1, 0.15) is 38.8 Å². The number of amides is 3. The molecule has 2 N–H and O–H groups in total. The predicted octanol–water partition coefficient (Wildman–Crippen LogP) is 2.13. The second-order valence-electron chi connectivity index (χ2n) is 5.77. The highest BCUT2D eigenvalue weighted by molar-refractivity contribution is 7.99. The number of anilines is 1. The van der Waals surface area contributed by atoms with E-state index < -0.39 is 6.04 Å². The molecule has 3 amide bonds. The second-order valence-corrected chi connectivity index (χ2v) is 6.77. The standard InChI is InChI=1S/C17H23N3O3S/c1-4-16(22)20-10-24-9-15(20)17(23)18-11(2)13-6-5-7-14(8-13)19-12(3)21/h5-8,11,15H,4,9-10H2,1-3H3,(H,18,23)(H,19,21)/t11-,15-/m0/s1. The molecular weight excluding hydrogens is 326 g/mol. The molecule has 0 unspecified atom stereocenters. The molecule has 130 valence electrons. The number of benzene rings is 1. The van der Waals surface area contributed by atoms with Crippen molar-refractivity contribution in [1.82, 2.24) is 10.2 Å². The van der Waals surface area contributed by atoms with Crippen LogP contribution in [0.5, 0.6) is 0 Å². The molecule has 1 aromatic rings. The monoisotopic (exact) mass is 349 g/mol. The van der Waals surface area contributed by atoms with E-state index in [1.807, 2.05) is 25.1 Å². The molecule has 24 heavy (non-hydrogen) atoms. The van der Waals surface area contributed by atoms with Gasteiger partial charge in [-0.25, -0.2) is 0 Å². The number of hydrogen-bond acceptors (Lipinski definition) is 4. The molecule has 1 saturated heterocycles. The zero-order valence-corrected chi connectivity index (χ0v) is 15.0. The fourth-order valence-electron chi connectivity index (χ4n) is 2.59. The van der Waals surface area contributed by atoms with Crippen molar-refractivity contribution in [2.24, 2.45) is 0 Å². The summed E-state index contributed by atoms with van der Waals surface area (Å²) in [6.45, 7) is 5.14. The lowest BCUT2D eigenvalue weighted by atomic mass is 10.1. The molecule has 6 nitrogen and oxygen atoms in total. The Morgan fingerprint density at radius 2 is 2.12 bits per heavy atom. The lowest BCUT2D eigenvalue weighted by Gasteiger charge is -2.24. The van der Waals surface area contributed by atoms with Gasteiger partial charge in [0.15, 0.2) is 0 Å². The van der Waals surface area contributed by atoms with Crippen molar-refractivity contribution in [2.45, 2.75) is 39.3 Å². The molecule has 0 aliphatic carbocycles. The van der Waals surface area contributed by atoms with Gasteiger partial charge >= 0.3 is 0 Å². The largest absolute Gasteiger partial charge is 0.348 e. The van der Waals surface area contributed by atoms with Crippen LogP contribution in [0, 0.1) is 0 Å². The Morgan fingerprint density at radius 3 is 2.79 bits per heavy atom. The summed E-state index contributed by atoms with van der Waals surface area (Å²) >= 11 is 1.59. The Bertz CT molecular complexity index is 635. The molecule has 1 heterocycles. The van der Waals surface area contributed by atoms with E-state index in [0.717, 1.165) is 5.56 Å². The first kappa shape index (κ1) is 18.3. The highest BCUT2D eigenvalue weighted by atomic mass is 32.2. The van der Waals surface area contributed by atoms with Gasteiger partial charge in [0.1, 0.15) is 6.04 Å². The highest BCUT2D eigenvalue weighted by Gasteiger charge is 2.34. The van der Waals surface area contributed by atoms with Crippen molar-refractivity contribution < 1.29 is 14.4 Å². The molecule has 2 atom stereocenters. The lowest BCUT2D eigenvalue weighted by molar-refractivity contribution is -0.138. The Morgan fingerprint density at radius 1 is 1.38 bits per heavy atom. The van der Waals surface area contributed by atoms with Gasteiger partial charge in [0.05, 0.1) is 11.9 Å². The van der Waals surface area contributed by atoms with Crippen LogP contribution in [-0.2, 0) is 14.4 Å². The summed E-state index contributed by atoms with van der Waals surface area (Å²) in [6, 6.07) is 6.74. The molecular formula is C17H23N3O3S. The van der Waals surface area contributed by atoms with Crippen LogP contribution in [0.25, 0.3) is 0 Å². The van der Waals surface area contributed by atoms with Crippen molar-refractivity contribution >= 4 is 35.2 Å². The maximum Gasteiger partial charge on any atom is 0.244 e. The summed E-state index contributed by atoms with van der Waals surface area (Å²) in [4.78, 5) is 37.3. The predicted molar refractivity (Wildman–Crippen MR) is 95.6 cm³/mol. The van der Waals surface area contributed by atoms with Crippen molar-refractivity contribution in [3.8, 4) is 0 Å². The van der Waals surface area contributed by atoms with Crippen molar-refractivity contribution in [1.29, 1.82) is 0 Å². The minimum absolute atomic E-state index is 0.000425. The van der Waals surface area contributed by atoms with Crippen molar-refractivity contribution in [2.75, 3.05) is 16.9 Å². The smallest absolute Gasteiger partial charge is 0.244 e. The first-order chi connectivity index (χ1) is 11.4. The van der Waals surface area contributed by atoms with Gasteiger partial charge in [-0.2, -0.15) is 0 Å². The number of rotatable bonds is 5. The molecule has 0 radical (unpaired) electrons. The first-order valence-electron chi connectivity index (χ1n) is 7.97. The van der Waals surface area contributed by atoms with Gasteiger partial charge < -0.3 is 15.5 Å². The normalized spacial score (nSPS) is 18.1. The molecule has 0 spiro atoms. The van der Waals surface area contributed by atoms with Gasteiger partial charge in [-0.05, 0) is 24.6 Å². The first-order valence-corrected chi connectivity index (χ1v) is 9.13. The third-order valence-corrected chi connectivity index (χ3v) is 4.89. The van der Waals surface area contributed by atoms with E-state index in [2.05, 4.69) is 10.6 Å². The zero-order chi connectivity index (χ0) is 17.7. The number of carbonyl (C=O) groups is 3. The molecule has 2 rings (SSSR count). The number of nitrogens with zero attached hydrogens (tertiary/aromatic N) is 1. The lowest BCUT2D eigenvalue weighted by Crippen LogP contribution is -2.47. The third-order valence-electron chi connectivity index (χ3n) is 3.87. The van der Waals surface area contributed by atoms with E-state index in [-0.39, 0.29) is 23.8 Å². The average molecular weight is 349 g/mol. The van der Waals surface area contributed by atoms with Crippen molar-refractivity contribution in [3.63, 3.8) is 0 Å². The van der Waals surface area contributed by atoms with Crippen LogP contribution in [-0.4, -0.2) is 40.3 Å². The molecule has 0 saturated carbocycles. The SMILES string of the molecule is CCC(=O)N1CSC[C@H]1C(=O)N[C@@H](C)c1cccc(NC(C)=O)c1. The summed E-state index contributed by atoms with van der Waals surface area (Å²) in [5.41, 5.74) is 1.59. The van der Waals surface area contributed by atoms with Gasteiger partial charge in [-0.15, -0.1) is 11.8 Å². The van der Waals surface area contributed by atoms with Crippen LogP contribution >= 0.6 is 11.8 Å². The van der Waals surface area contributed by atoms with Crippen LogP contribution < -0.4 is 10.6 Å². The van der Waals surface area contributed by atoms with Crippen LogP contribution in [0.4, 0.5) is 5.69 Å². The number of thioether (sulfide) groups is 1. The molecule has 0 bridgehead atoms. The molecule has 1 aliphatic heterocycles. The number of nitrogens with one attached hydrogen (secondary N) is 2. The fourth-order valence-corrected chi connectivity index (χ4v) is 3.77. The summed E-state index contributed by atoms with van der Waals surface area (Å²) in [5, 5.41) is 5.70. The van der Waals surface area contributed by atoms with E-state index in [9.17, 15) is 14.4 Å². The van der Waals surface area contributed by atoms with Gasteiger partial charge in [-0.1, -0.05) is 19.1 Å². The van der Waals surface area contributed by atoms with Gasteiger partial charge in [0.25, 0.3) is 0 Å². The number of hydrogen-bond donors (Lipinski definition) is 2. The van der Waals surface area contributed by atoms with Gasteiger partial charge in [0.2, 0.25) is 17.7 Å². The summed E-state index contributed by atoms with van der Waals surface area (Å²) in [7, 11) is 0. The Hall–Kier alpha value is -2.02. The maximum atomic E-state index is 12.5. The van der Waals surface area contributed by atoms with E-state index in [1.165, 1.54) is 6.92 Å². The van der Waals surface area contributed by atoms with Gasteiger partial charge in [-0.3, -0.25) is 14.4 Å². The van der Waals surface area contributed by atoms with Crippen molar-refractivity contribution in [3.05, 3.63) is 29.8 Å². The Balaban J connectivity index is 2.03. The average Bonchev–Trinajstić information content (AvgIpc) is 3.03. The number of carbonyl (C=O) groups excluding carboxylic acids is 3. The highest BCUT2D eigenvalue weighted by Crippen LogP contribution is 2.23. The van der Waals surface area contributed by atoms with E-state index >= 15 is 0 Å². The van der Waals surface area contributed by atoms with Crippen LogP contribution in [0.2, 0.25) is 0 Å². The Labute approximate surface area is 146 Å². The molecule has 1 aromatic carbocycles. The zero-order valence-electron chi connectivity index (χ0n) is 14.2. The van der Waals surface area contributed by atoms with Crippen LogP contribution in [0.15, 0.2) is 24.3 Å². The Kier molecular flexibility index (Phi) is 6.25. The minimum atomic E-state index is -0.413. The summed E-state index contributed by atoms with van der Waals surface area (Å²) in [5.74, 6) is 0.910. The van der Waals surface area contributed by atoms with E-state index in [4.69, 9.17) is 0 Å². The summed E-state index contributed by atoms with van der Waals surface area (Å²) < 4.78 is 0. The topological polar surface area (TPSA) is 78.5 Å². The third kappa shape index (κ3) is 4.50. The second kappa shape index (κ2) is 8.19.